The van der Waals surface area contributed by atoms with E-state index in [4.69, 9.17) is 14.2 Å². The molecule has 2 atom stereocenters. The van der Waals surface area contributed by atoms with Gasteiger partial charge in [-0.25, -0.2) is 0 Å². The van der Waals surface area contributed by atoms with Crippen molar-refractivity contribution < 1.29 is 23.8 Å². The number of anilines is 1. The SMILES string of the molecule is COc1cc2c(c(OC)c1OC)-c1ccc(N[C@@H](C(=O)NCc3ccccn3)C(C)C)c(=O)cc1[C@H](NC(C)=O)CC2. The largest absolute Gasteiger partial charge is 0.493 e. The van der Waals surface area contributed by atoms with Gasteiger partial charge in [-0.1, -0.05) is 26.0 Å². The molecule has 42 heavy (non-hydrogen) atoms. The average molecular weight is 575 g/mol. The standard InChI is InChI=1S/C32H38N4O6/c1-18(2)29(32(39)34-17-21-9-7-8-14-33-21)36-25-13-11-22-23(16-26(25)38)24(35-19(3)37)12-10-20-15-27(40-4)30(41-5)31(42-6)28(20)22/h7-9,11,13-16,18,24,29H,10,12,17H2,1-6H3,(H,34,39)(H,35,37)(H,36,38)/t24-,29-/m1/s1. The van der Waals surface area contributed by atoms with Gasteiger partial charge in [-0.2, -0.15) is 0 Å². The van der Waals surface area contributed by atoms with Gasteiger partial charge < -0.3 is 30.2 Å². The third kappa shape index (κ3) is 6.48. The Bertz CT molecular complexity index is 1510. The number of hydrogen-bond acceptors (Lipinski definition) is 8. The summed E-state index contributed by atoms with van der Waals surface area (Å²) >= 11 is 0. The smallest absolute Gasteiger partial charge is 0.243 e. The number of rotatable bonds is 10. The Balaban J connectivity index is 1.81. The van der Waals surface area contributed by atoms with Gasteiger partial charge in [-0.15, -0.1) is 0 Å². The summed E-state index contributed by atoms with van der Waals surface area (Å²) < 4.78 is 17.1. The minimum Gasteiger partial charge on any atom is -0.493 e. The van der Waals surface area contributed by atoms with Crippen molar-refractivity contribution in [3.05, 3.63) is 75.7 Å². The first-order chi connectivity index (χ1) is 20.2. The number of aromatic nitrogens is 1. The fraction of sp³-hybridized carbons (Fsp3) is 0.375. The van der Waals surface area contributed by atoms with Crippen molar-refractivity contribution in [1.82, 2.24) is 15.6 Å². The third-order valence-electron chi connectivity index (χ3n) is 7.35. The highest BCUT2D eigenvalue weighted by atomic mass is 16.5. The molecule has 1 aromatic heterocycles. The molecule has 4 rings (SSSR count). The van der Waals surface area contributed by atoms with Crippen molar-refractivity contribution in [2.24, 2.45) is 5.92 Å². The van der Waals surface area contributed by atoms with E-state index in [1.807, 2.05) is 44.2 Å². The summed E-state index contributed by atoms with van der Waals surface area (Å²) in [4.78, 5) is 43.4. The van der Waals surface area contributed by atoms with Gasteiger partial charge in [-0.3, -0.25) is 19.4 Å². The number of benzene rings is 1. The van der Waals surface area contributed by atoms with Gasteiger partial charge in [0, 0.05) is 18.7 Å². The Kier molecular flexibility index (Phi) is 9.67. The first-order valence-corrected chi connectivity index (χ1v) is 13.9. The Morgan fingerprint density at radius 3 is 2.40 bits per heavy atom. The second-order valence-electron chi connectivity index (χ2n) is 10.5. The van der Waals surface area contributed by atoms with Crippen LogP contribution >= 0.6 is 0 Å². The molecule has 0 radical (unpaired) electrons. The second kappa shape index (κ2) is 13.4. The van der Waals surface area contributed by atoms with Gasteiger partial charge >= 0.3 is 0 Å². The predicted octanol–water partition coefficient (Wildman–Crippen LogP) is 4.01. The Hall–Kier alpha value is -4.60. The van der Waals surface area contributed by atoms with E-state index in [0.29, 0.717) is 41.2 Å². The van der Waals surface area contributed by atoms with Crippen molar-refractivity contribution in [1.29, 1.82) is 0 Å². The fourth-order valence-electron chi connectivity index (χ4n) is 5.32. The van der Waals surface area contributed by atoms with E-state index in [1.165, 1.54) is 20.1 Å². The van der Waals surface area contributed by atoms with Crippen LogP contribution in [0.2, 0.25) is 0 Å². The summed E-state index contributed by atoms with van der Waals surface area (Å²) in [6.07, 6.45) is 2.82. The summed E-state index contributed by atoms with van der Waals surface area (Å²) in [5.74, 6) is 0.847. The number of fused-ring (bicyclic) bond motifs is 3. The van der Waals surface area contributed by atoms with Crippen LogP contribution in [0.15, 0.2) is 53.5 Å². The highest BCUT2D eigenvalue weighted by molar-refractivity contribution is 5.86. The number of nitrogens with zero attached hydrogens (tertiary/aromatic N) is 1. The highest BCUT2D eigenvalue weighted by Crippen LogP contribution is 2.50. The zero-order valence-corrected chi connectivity index (χ0v) is 24.9. The molecule has 0 bridgehead atoms. The van der Waals surface area contributed by atoms with Crippen LogP contribution in [0.5, 0.6) is 17.2 Å². The Morgan fingerprint density at radius 1 is 1.02 bits per heavy atom. The molecule has 1 heterocycles. The Morgan fingerprint density at radius 2 is 1.79 bits per heavy atom. The van der Waals surface area contributed by atoms with Crippen LogP contribution in [-0.4, -0.2) is 44.2 Å². The summed E-state index contributed by atoms with van der Waals surface area (Å²) in [5, 5.41) is 9.10. The first-order valence-electron chi connectivity index (χ1n) is 13.9. The molecule has 0 aliphatic heterocycles. The number of ether oxygens (including phenoxy) is 3. The average Bonchev–Trinajstić information content (AvgIpc) is 3.22. The van der Waals surface area contributed by atoms with E-state index < -0.39 is 12.1 Å². The van der Waals surface area contributed by atoms with Crippen LogP contribution < -0.4 is 35.6 Å². The highest BCUT2D eigenvalue weighted by Gasteiger charge is 2.30. The van der Waals surface area contributed by atoms with Crippen molar-refractivity contribution in [2.75, 3.05) is 26.6 Å². The molecule has 2 amide bonds. The lowest BCUT2D eigenvalue weighted by Gasteiger charge is -2.22. The topological polar surface area (TPSA) is 128 Å². The summed E-state index contributed by atoms with van der Waals surface area (Å²) in [5.41, 5.74) is 3.73. The number of carbonyl (C=O) groups is 2. The predicted molar refractivity (Wildman–Crippen MR) is 161 cm³/mol. The molecule has 0 saturated heterocycles. The van der Waals surface area contributed by atoms with E-state index in [0.717, 1.165) is 16.8 Å². The number of pyridine rings is 1. The van der Waals surface area contributed by atoms with Crippen molar-refractivity contribution in [3.8, 4) is 28.4 Å². The van der Waals surface area contributed by atoms with Crippen molar-refractivity contribution in [2.45, 2.75) is 52.2 Å². The van der Waals surface area contributed by atoms with E-state index in [-0.39, 0.29) is 35.4 Å². The maximum atomic E-state index is 13.7. The zero-order valence-electron chi connectivity index (χ0n) is 24.9. The first kappa shape index (κ1) is 30.4. The molecule has 3 N–H and O–H groups in total. The number of methoxy groups -OCH3 is 3. The molecule has 0 saturated carbocycles. The molecule has 0 fully saturated rings. The van der Waals surface area contributed by atoms with Crippen LogP contribution in [0, 0.1) is 5.92 Å². The van der Waals surface area contributed by atoms with Crippen molar-refractivity contribution >= 4 is 17.5 Å². The number of aryl methyl sites for hydroxylation is 1. The van der Waals surface area contributed by atoms with Crippen LogP contribution in [0.4, 0.5) is 5.69 Å². The second-order valence-corrected chi connectivity index (χ2v) is 10.5. The van der Waals surface area contributed by atoms with Gasteiger partial charge in [0.05, 0.1) is 45.3 Å². The summed E-state index contributed by atoms with van der Waals surface area (Å²) in [7, 11) is 4.66. The quantitative estimate of drug-likeness (QED) is 0.332. The fourth-order valence-corrected chi connectivity index (χ4v) is 5.32. The number of nitrogens with one attached hydrogen (secondary N) is 3. The van der Waals surface area contributed by atoms with Crippen LogP contribution in [-0.2, 0) is 22.6 Å². The summed E-state index contributed by atoms with van der Waals surface area (Å²) in [6.45, 7) is 5.55. The van der Waals surface area contributed by atoms with Crippen LogP contribution in [0.3, 0.4) is 0 Å². The van der Waals surface area contributed by atoms with Crippen LogP contribution in [0.1, 0.15) is 50.1 Å². The van der Waals surface area contributed by atoms with Gasteiger partial charge in [0.2, 0.25) is 23.0 Å². The molecule has 10 heteroatoms. The molecule has 222 valence electrons. The molecule has 3 aromatic rings. The van der Waals surface area contributed by atoms with Gasteiger partial charge in [0.15, 0.2) is 11.5 Å². The number of amides is 2. The van der Waals surface area contributed by atoms with E-state index in [2.05, 4.69) is 20.9 Å². The molecular weight excluding hydrogens is 536 g/mol. The lowest BCUT2D eigenvalue weighted by Crippen LogP contribution is -2.43. The molecular formula is C32H38N4O6. The molecule has 2 aromatic carbocycles. The lowest BCUT2D eigenvalue weighted by atomic mass is 9.95. The summed E-state index contributed by atoms with van der Waals surface area (Å²) in [6, 6.07) is 11.3. The maximum absolute atomic E-state index is 13.7. The van der Waals surface area contributed by atoms with Crippen LogP contribution in [0.25, 0.3) is 11.1 Å². The van der Waals surface area contributed by atoms with Gasteiger partial charge in [0.1, 0.15) is 6.04 Å². The molecule has 0 spiro atoms. The number of hydrogen-bond donors (Lipinski definition) is 3. The molecule has 10 nitrogen and oxygen atoms in total. The van der Waals surface area contributed by atoms with E-state index in [1.54, 1.807) is 26.5 Å². The molecule has 1 aliphatic rings. The number of carbonyl (C=O) groups excluding carboxylic acids is 2. The lowest BCUT2D eigenvalue weighted by molar-refractivity contribution is -0.123. The van der Waals surface area contributed by atoms with E-state index >= 15 is 0 Å². The van der Waals surface area contributed by atoms with E-state index in [9.17, 15) is 14.4 Å². The normalized spacial score (nSPS) is 14.5. The molecule has 1 aliphatic carbocycles. The Labute approximate surface area is 245 Å². The van der Waals surface area contributed by atoms with Crippen molar-refractivity contribution in [3.63, 3.8) is 0 Å². The minimum absolute atomic E-state index is 0.124. The molecule has 0 unspecified atom stereocenters. The monoisotopic (exact) mass is 574 g/mol. The van der Waals surface area contributed by atoms with Gasteiger partial charge in [0.25, 0.3) is 0 Å². The zero-order chi connectivity index (χ0) is 30.4. The maximum Gasteiger partial charge on any atom is 0.243 e. The minimum atomic E-state index is -0.680. The van der Waals surface area contributed by atoms with Gasteiger partial charge in [-0.05, 0) is 65.8 Å². The third-order valence-corrected chi connectivity index (χ3v) is 7.35.